The van der Waals surface area contributed by atoms with E-state index in [0.717, 1.165) is 48.3 Å². The molecule has 27 heavy (non-hydrogen) atoms. The Kier molecular flexibility index (Phi) is 9.26. The van der Waals surface area contributed by atoms with Crippen LogP contribution in [0.25, 0.3) is 11.3 Å². The van der Waals surface area contributed by atoms with Crippen LogP contribution in [0.2, 0.25) is 0 Å². The van der Waals surface area contributed by atoms with Crippen molar-refractivity contribution in [3.63, 3.8) is 0 Å². The van der Waals surface area contributed by atoms with Crippen LogP contribution in [0.3, 0.4) is 0 Å². The molecule has 1 aromatic carbocycles. The van der Waals surface area contributed by atoms with Crippen molar-refractivity contribution in [1.82, 2.24) is 25.4 Å². The summed E-state index contributed by atoms with van der Waals surface area (Å²) in [6.45, 7) is 5.22. The summed E-state index contributed by atoms with van der Waals surface area (Å²) in [4.78, 5) is 9.33. The lowest BCUT2D eigenvalue weighted by Gasteiger charge is -2.10. The summed E-state index contributed by atoms with van der Waals surface area (Å²) in [6.07, 6.45) is 4.77. The number of benzene rings is 1. The van der Waals surface area contributed by atoms with E-state index in [1.807, 2.05) is 35.1 Å². The zero-order valence-corrected chi connectivity index (χ0v) is 18.5. The first kappa shape index (κ1) is 21.4. The fourth-order valence-corrected chi connectivity index (χ4v) is 3.22. The van der Waals surface area contributed by atoms with Gasteiger partial charge in [-0.15, -0.1) is 35.3 Å². The van der Waals surface area contributed by atoms with Crippen molar-refractivity contribution in [1.29, 1.82) is 0 Å². The number of thiazole rings is 1. The van der Waals surface area contributed by atoms with Crippen molar-refractivity contribution in [2.45, 2.75) is 26.4 Å². The smallest absolute Gasteiger partial charge is 0.191 e. The Morgan fingerprint density at radius 2 is 2.04 bits per heavy atom. The van der Waals surface area contributed by atoms with E-state index in [4.69, 9.17) is 0 Å². The van der Waals surface area contributed by atoms with Gasteiger partial charge in [0.2, 0.25) is 0 Å². The molecule has 0 spiro atoms. The molecule has 2 aromatic heterocycles. The second-order valence-electron chi connectivity index (χ2n) is 5.74. The molecule has 0 unspecified atom stereocenters. The molecule has 0 radical (unpaired) electrons. The molecule has 2 N–H and O–H groups in total. The van der Waals surface area contributed by atoms with Crippen LogP contribution >= 0.6 is 35.3 Å². The first-order chi connectivity index (χ1) is 12.8. The number of halogens is 1. The largest absolute Gasteiger partial charge is 0.357 e. The average molecular weight is 496 g/mol. The van der Waals surface area contributed by atoms with E-state index in [1.165, 1.54) is 0 Å². The quantitative estimate of drug-likeness (QED) is 0.216. The summed E-state index contributed by atoms with van der Waals surface area (Å²) >= 11 is 1.65. The Balaban J connectivity index is 0.00000261. The Morgan fingerprint density at radius 3 is 2.78 bits per heavy atom. The van der Waals surface area contributed by atoms with Crippen molar-refractivity contribution in [3.8, 4) is 11.3 Å². The van der Waals surface area contributed by atoms with E-state index in [2.05, 4.69) is 50.1 Å². The Labute approximate surface area is 181 Å². The number of hydrogen-bond donors (Lipinski definition) is 2. The molecule has 0 atom stereocenters. The van der Waals surface area contributed by atoms with E-state index in [0.29, 0.717) is 6.54 Å². The van der Waals surface area contributed by atoms with E-state index in [-0.39, 0.29) is 24.0 Å². The molecular weight excluding hydrogens is 471 g/mol. The Morgan fingerprint density at radius 1 is 1.19 bits per heavy atom. The SMILES string of the molecule is CCNC(=NCc1nc(-c2ccccc2)cs1)NCCCn1cccn1.I. The molecule has 0 saturated carbocycles. The summed E-state index contributed by atoms with van der Waals surface area (Å²) in [5.41, 5.74) is 2.15. The third-order valence-corrected chi connectivity index (χ3v) is 4.59. The summed E-state index contributed by atoms with van der Waals surface area (Å²) in [7, 11) is 0. The van der Waals surface area contributed by atoms with Gasteiger partial charge in [0.1, 0.15) is 5.01 Å². The van der Waals surface area contributed by atoms with Gasteiger partial charge in [0.25, 0.3) is 0 Å². The second-order valence-corrected chi connectivity index (χ2v) is 6.68. The Bertz CT molecular complexity index is 801. The molecular formula is C19H25IN6S. The fourth-order valence-electron chi connectivity index (χ4n) is 2.49. The van der Waals surface area contributed by atoms with Crippen molar-refractivity contribution in [3.05, 3.63) is 59.2 Å². The normalized spacial score (nSPS) is 11.1. The highest BCUT2D eigenvalue weighted by Crippen LogP contribution is 2.21. The molecule has 0 amide bonds. The first-order valence-corrected chi connectivity index (χ1v) is 9.72. The highest BCUT2D eigenvalue weighted by atomic mass is 127. The minimum Gasteiger partial charge on any atom is -0.357 e. The maximum atomic E-state index is 4.69. The van der Waals surface area contributed by atoms with Gasteiger partial charge in [0.15, 0.2) is 5.96 Å². The molecule has 0 bridgehead atoms. The van der Waals surface area contributed by atoms with Crippen molar-refractivity contribution in [2.75, 3.05) is 13.1 Å². The summed E-state index contributed by atoms with van der Waals surface area (Å²) in [5, 5.41) is 14.0. The van der Waals surface area contributed by atoms with Gasteiger partial charge >= 0.3 is 0 Å². The number of nitrogens with zero attached hydrogens (tertiary/aromatic N) is 4. The van der Waals surface area contributed by atoms with Crippen LogP contribution in [0.5, 0.6) is 0 Å². The molecule has 3 rings (SSSR count). The zero-order chi connectivity index (χ0) is 18.0. The number of hydrogen-bond acceptors (Lipinski definition) is 4. The van der Waals surface area contributed by atoms with Gasteiger partial charge in [-0.2, -0.15) is 5.10 Å². The van der Waals surface area contributed by atoms with Crippen molar-refractivity contribution in [2.24, 2.45) is 4.99 Å². The van der Waals surface area contributed by atoms with E-state index in [1.54, 1.807) is 17.5 Å². The first-order valence-electron chi connectivity index (χ1n) is 8.84. The molecule has 2 heterocycles. The van der Waals surface area contributed by atoms with Crippen molar-refractivity contribution < 1.29 is 0 Å². The van der Waals surface area contributed by atoms with Crippen LogP contribution in [0, 0.1) is 0 Å². The van der Waals surface area contributed by atoms with Crippen LogP contribution in [0.15, 0.2) is 59.2 Å². The Hall–Kier alpha value is -1.94. The van der Waals surface area contributed by atoms with E-state index in [9.17, 15) is 0 Å². The standard InChI is InChI=1S/C19H24N6S.HI/c1-2-20-19(21-10-6-12-25-13-7-11-23-25)22-14-18-24-17(15-26-18)16-8-4-3-5-9-16;/h3-5,7-9,11,13,15H,2,6,10,12,14H2,1H3,(H2,20,21,22);1H. The zero-order valence-electron chi connectivity index (χ0n) is 15.3. The van der Waals surface area contributed by atoms with Gasteiger partial charge in [-0.1, -0.05) is 30.3 Å². The molecule has 0 aliphatic carbocycles. The van der Waals surface area contributed by atoms with E-state index >= 15 is 0 Å². The van der Waals surface area contributed by atoms with Crippen LogP contribution in [-0.4, -0.2) is 33.8 Å². The third kappa shape index (κ3) is 6.94. The molecule has 0 aliphatic heterocycles. The summed E-state index contributed by atoms with van der Waals surface area (Å²) < 4.78 is 1.94. The predicted octanol–water partition coefficient (Wildman–Crippen LogP) is 3.77. The lowest BCUT2D eigenvalue weighted by Crippen LogP contribution is -2.38. The lowest BCUT2D eigenvalue weighted by atomic mass is 10.2. The third-order valence-electron chi connectivity index (χ3n) is 3.75. The van der Waals surface area contributed by atoms with E-state index < -0.39 is 0 Å². The number of aliphatic imine (C=N–C) groups is 1. The lowest BCUT2D eigenvalue weighted by molar-refractivity contribution is 0.570. The summed E-state index contributed by atoms with van der Waals surface area (Å²) in [6, 6.07) is 12.2. The van der Waals surface area contributed by atoms with Gasteiger partial charge in [0, 0.05) is 43.0 Å². The predicted molar refractivity (Wildman–Crippen MR) is 123 cm³/mol. The molecule has 6 nitrogen and oxygen atoms in total. The topological polar surface area (TPSA) is 67.1 Å². The van der Waals surface area contributed by atoms with Gasteiger partial charge in [0.05, 0.1) is 12.2 Å². The monoisotopic (exact) mass is 496 g/mol. The minimum atomic E-state index is 0. The molecule has 0 aliphatic rings. The highest BCUT2D eigenvalue weighted by Gasteiger charge is 2.04. The average Bonchev–Trinajstić information content (AvgIpc) is 3.36. The van der Waals surface area contributed by atoms with Gasteiger partial charge in [-0.3, -0.25) is 4.68 Å². The fraction of sp³-hybridized carbons (Fsp3) is 0.316. The van der Waals surface area contributed by atoms with Crippen LogP contribution in [-0.2, 0) is 13.1 Å². The molecule has 144 valence electrons. The second kappa shape index (κ2) is 11.7. The van der Waals surface area contributed by atoms with Crippen LogP contribution in [0.4, 0.5) is 0 Å². The van der Waals surface area contributed by atoms with Crippen LogP contribution < -0.4 is 10.6 Å². The number of nitrogens with one attached hydrogen (secondary N) is 2. The van der Waals surface area contributed by atoms with Gasteiger partial charge < -0.3 is 10.6 Å². The maximum Gasteiger partial charge on any atom is 0.191 e. The molecule has 0 fully saturated rings. The number of aryl methyl sites for hydroxylation is 1. The van der Waals surface area contributed by atoms with Gasteiger partial charge in [-0.05, 0) is 19.4 Å². The van der Waals surface area contributed by atoms with Crippen LogP contribution in [0.1, 0.15) is 18.4 Å². The maximum absolute atomic E-state index is 4.69. The van der Waals surface area contributed by atoms with Crippen molar-refractivity contribution >= 4 is 41.3 Å². The molecule has 0 saturated heterocycles. The molecule has 3 aromatic rings. The van der Waals surface area contributed by atoms with Gasteiger partial charge in [-0.25, -0.2) is 9.98 Å². The number of aromatic nitrogens is 3. The minimum absolute atomic E-state index is 0. The summed E-state index contributed by atoms with van der Waals surface area (Å²) in [5.74, 6) is 0.824. The molecule has 8 heteroatoms. The number of rotatable bonds is 8. The number of guanidine groups is 1. The highest BCUT2D eigenvalue weighted by molar-refractivity contribution is 14.0.